The molecular weight excluding hydrogens is 348 g/mol. The van der Waals surface area contributed by atoms with E-state index in [1.807, 2.05) is 32.5 Å². The van der Waals surface area contributed by atoms with Gasteiger partial charge in [-0.2, -0.15) is 11.8 Å². The van der Waals surface area contributed by atoms with Gasteiger partial charge in [0.2, 0.25) is 0 Å². The summed E-state index contributed by atoms with van der Waals surface area (Å²) in [7, 11) is -2.42. The summed E-state index contributed by atoms with van der Waals surface area (Å²) < 4.78 is 17.7. The van der Waals surface area contributed by atoms with Crippen LogP contribution in [0.4, 0.5) is 0 Å². The number of thioether (sulfide) groups is 1. The van der Waals surface area contributed by atoms with Crippen molar-refractivity contribution >= 4 is 20.6 Å². The molecule has 25 heavy (non-hydrogen) atoms. The van der Waals surface area contributed by atoms with Gasteiger partial charge in [0.25, 0.3) is 0 Å². The van der Waals surface area contributed by atoms with E-state index in [9.17, 15) is 0 Å². The summed E-state index contributed by atoms with van der Waals surface area (Å²) in [5, 5.41) is 0. The molecule has 3 nitrogen and oxygen atoms in total. The van der Waals surface area contributed by atoms with Gasteiger partial charge in [-0.25, -0.2) is 0 Å². The fraction of sp³-hybridized carbons (Fsp3) is 1.00. The molecule has 0 aliphatic carbocycles. The Balaban J connectivity index is 3.56. The standard InChI is InChI=1S/C20H44O3SSi/c1-5-9-10-11-12-13-14-15-16-17-18-24-19-20-25(21-6-2,22-7-3)23-8-4/h5-20H2,1-4H3. The van der Waals surface area contributed by atoms with Crippen molar-refractivity contribution in [2.75, 3.05) is 31.3 Å². The van der Waals surface area contributed by atoms with Crippen LogP contribution >= 0.6 is 11.8 Å². The summed E-state index contributed by atoms with van der Waals surface area (Å²) in [5.74, 6) is 2.34. The maximum absolute atomic E-state index is 5.90. The van der Waals surface area contributed by atoms with Gasteiger partial charge in [0.15, 0.2) is 0 Å². The summed E-state index contributed by atoms with van der Waals surface area (Å²) in [5.41, 5.74) is 0. The van der Waals surface area contributed by atoms with Crippen LogP contribution in [-0.2, 0) is 13.3 Å². The Hall–Kier alpha value is 0.447. The van der Waals surface area contributed by atoms with Crippen LogP contribution in [0.5, 0.6) is 0 Å². The summed E-state index contributed by atoms with van der Waals surface area (Å²) in [6.45, 7) is 10.4. The van der Waals surface area contributed by atoms with E-state index in [4.69, 9.17) is 13.3 Å². The molecule has 0 bridgehead atoms. The third-order valence-electron chi connectivity index (χ3n) is 4.29. The molecule has 0 rings (SSSR count). The molecule has 0 fully saturated rings. The van der Waals surface area contributed by atoms with Gasteiger partial charge in [0.1, 0.15) is 0 Å². The van der Waals surface area contributed by atoms with Crippen molar-refractivity contribution in [2.45, 2.75) is 97.9 Å². The van der Waals surface area contributed by atoms with E-state index in [1.54, 1.807) is 0 Å². The molecule has 0 unspecified atom stereocenters. The zero-order chi connectivity index (χ0) is 18.6. The second kappa shape index (κ2) is 19.2. The summed E-state index contributed by atoms with van der Waals surface area (Å²) in [6.07, 6.45) is 14.1. The van der Waals surface area contributed by atoms with E-state index >= 15 is 0 Å². The van der Waals surface area contributed by atoms with Crippen molar-refractivity contribution in [1.82, 2.24) is 0 Å². The van der Waals surface area contributed by atoms with Crippen LogP contribution in [0.15, 0.2) is 0 Å². The largest absolute Gasteiger partial charge is 0.501 e. The Morgan fingerprint density at radius 1 is 0.560 bits per heavy atom. The van der Waals surface area contributed by atoms with Gasteiger partial charge in [-0.3, -0.25) is 0 Å². The minimum Gasteiger partial charge on any atom is -0.374 e. The van der Waals surface area contributed by atoms with E-state index in [0.717, 1.165) is 11.8 Å². The van der Waals surface area contributed by atoms with Crippen LogP contribution in [0, 0.1) is 0 Å². The highest BCUT2D eigenvalue weighted by atomic mass is 32.2. The van der Waals surface area contributed by atoms with Gasteiger partial charge in [0.05, 0.1) is 0 Å². The molecule has 0 heterocycles. The van der Waals surface area contributed by atoms with Gasteiger partial charge in [-0.1, -0.05) is 64.7 Å². The van der Waals surface area contributed by atoms with Gasteiger partial charge in [-0.15, -0.1) is 0 Å². The quantitative estimate of drug-likeness (QED) is 0.170. The molecule has 0 amide bonds. The maximum Gasteiger partial charge on any atom is 0.501 e. The summed E-state index contributed by atoms with van der Waals surface area (Å²) >= 11 is 2.03. The van der Waals surface area contributed by atoms with Crippen molar-refractivity contribution in [2.24, 2.45) is 0 Å². The average molecular weight is 393 g/mol. The molecule has 0 spiro atoms. The molecule has 0 aromatic rings. The highest BCUT2D eigenvalue weighted by Crippen LogP contribution is 2.20. The fourth-order valence-corrected chi connectivity index (χ4v) is 7.18. The van der Waals surface area contributed by atoms with Gasteiger partial charge in [-0.05, 0) is 38.7 Å². The maximum atomic E-state index is 5.90. The van der Waals surface area contributed by atoms with Gasteiger partial charge < -0.3 is 13.3 Å². The highest BCUT2D eigenvalue weighted by molar-refractivity contribution is 7.99. The molecule has 0 aromatic carbocycles. The Morgan fingerprint density at radius 3 is 1.44 bits per heavy atom. The minimum atomic E-state index is -2.42. The van der Waals surface area contributed by atoms with Crippen LogP contribution in [0.2, 0.25) is 6.04 Å². The average Bonchev–Trinajstić information content (AvgIpc) is 2.60. The van der Waals surface area contributed by atoms with E-state index < -0.39 is 8.80 Å². The SMILES string of the molecule is CCCCCCCCCCCCSCC[Si](OCC)(OCC)OCC. The normalized spacial score (nSPS) is 12.0. The third-order valence-corrected chi connectivity index (χ3v) is 8.77. The molecule has 0 radical (unpaired) electrons. The molecule has 0 N–H and O–H groups in total. The zero-order valence-electron chi connectivity index (χ0n) is 17.4. The van der Waals surface area contributed by atoms with E-state index in [1.165, 1.54) is 70.0 Å². The van der Waals surface area contributed by atoms with Gasteiger partial charge >= 0.3 is 8.80 Å². The Bertz CT molecular complexity index is 250. The lowest BCUT2D eigenvalue weighted by atomic mass is 10.1. The first-order valence-electron chi connectivity index (χ1n) is 10.7. The molecular formula is C20H44O3SSi. The predicted octanol–water partition coefficient (Wildman–Crippen LogP) is 6.69. The second-order valence-electron chi connectivity index (χ2n) is 6.53. The molecule has 5 heteroatoms. The Morgan fingerprint density at radius 2 is 1.00 bits per heavy atom. The number of unbranched alkanes of at least 4 members (excludes halogenated alkanes) is 9. The van der Waals surface area contributed by atoms with Crippen LogP contribution in [0.3, 0.4) is 0 Å². The van der Waals surface area contributed by atoms with Crippen molar-refractivity contribution in [1.29, 1.82) is 0 Å². The smallest absolute Gasteiger partial charge is 0.374 e. The van der Waals surface area contributed by atoms with Crippen molar-refractivity contribution in [3.8, 4) is 0 Å². The Kier molecular flexibility index (Phi) is 19.6. The predicted molar refractivity (Wildman–Crippen MR) is 115 cm³/mol. The Labute approximate surface area is 163 Å². The summed E-state index contributed by atoms with van der Waals surface area (Å²) in [6, 6.07) is 0.935. The first-order valence-corrected chi connectivity index (χ1v) is 13.8. The van der Waals surface area contributed by atoms with Crippen molar-refractivity contribution in [3.63, 3.8) is 0 Å². The van der Waals surface area contributed by atoms with Crippen molar-refractivity contribution in [3.05, 3.63) is 0 Å². The van der Waals surface area contributed by atoms with Crippen molar-refractivity contribution < 1.29 is 13.3 Å². The lowest BCUT2D eigenvalue weighted by molar-refractivity contribution is 0.0728. The van der Waals surface area contributed by atoms with E-state index in [2.05, 4.69) is 6.92 Å². The number of hydrogen-bond acceptors (Lipinski definition) is 4. The molecule has 0 aliphatic rings. The first-order chi connectivity index (χ1) is 12.2. The monoisotopic (exact) mass is 392 g/mol. The highest BCUT2D eigenvalue weighted by Gasteiger charge is 2.39. The van der Waals surface area contributed by atoms with E-state index in [0.29, 0.717) is 19.8 Å². The third kappa shape index (κ3) is 15.2. The lowest BCUT2D eigenvalue weighted by Gasteiger charge is -2.28. The second-order valence-corrected chi connectivity index (χ2v) is 10.5. The number of hydrogen-bond donors (Lipinski definition) is 0. The van der Waals surface area contributed by atoms with Crippen LogP contribution in [0.1, 0.15) is 91.9 Å². The fourth-order valence-electron chi connectivity index (χ4n) is 2.99. The minimum absolute atomic E-state index is 0.676. The lowest BCUT2D eigenvalue weighted by Crippen LogP contribution is -2.46. The van der Waals surface area contributed by atoms with Crippen LogP contribution in [0.25, 0.3) is 0 Å². The van der Waals surface area contributed by atoms with Gasteiger partial charge in [0, 0.05) is 25.9 Å². The molecule has 0 atom stereocenters. The first kappa shape index (κ1) is 25.4. The molecule has 0 saturated carbocycles. The number of rotatable bonds is 20. The topological polar surface area (TPSA) is 27.7 Å². The van der Waals surface area contributed by atoms with E-state index in [-0.39, 0.29) is 0 Å². The molecule has 0 aromatic heterocycles. The zero-order valence-corrected chi connectivity index (χ0v) is 19.3. The molecule has 152 valence electrons. The molecule has 0 saturated heterocycles. The van der Waals surface area contributed by atoms with Crippen LogP contribution in [-0.4, -0.2) is 40.1 Å². The summed E-state index contributed by atoms with van der Waals surface area (Å²) in [4.78, 5) is 0. The van der Waals surface area contributed by atoms with Crippen LogP contribution < -0.4 is 0 Å². The molecule has 0 aliphatic heterocycles.